The summed E-state index contributed by atoms with van der Waals surface area (Å²) in [6, 6.07) is 7.58. The number of likely N-dealkylation sites (tertiary alicyclic amines) is 1. The Balaban J connectivity index is 1.76. The Morgan fingerprint density at radius 1 is 1.26 bits per heavy atom. The second kappa shape index (κ2) is 7.42. The van der Waals surface area contributed by atoms with Crippen LogP contribution in [0.5, 0.6) is 0 Å². The van der Waals surface area contributed by atoms with Crippen molar-refractivity contribution < 1.29 is 14.3 Å². The van der Waals surface area contributed by atoms with E-state index >= 15 is 0 Å². The number of pyridine rings is 1. The van der Waals surface area contributed by atoms with E-state index < -0.39 is 5.60 Å². The first-order valence-electron chi connectivity index (χ1n) is 9.13. The highest BCUT2D eigenvalue weighted by atomic mass is 16.6. The van der Waals surface area contributed by atoms with E-state index in [2.05, 4.69) is 15.6 Å². The lowest BCUT2D eigenvalue weighted by molar-refractivity contribution is 0.0293. The van der Waals surface area contributed by atoms with Gasteiger partial charge in [0.15, 0.2) is 0 Å². The Bertz CT molecular complexity index is 860. The molecule has 1 aliphatic rings. The standard InChI is InChI=1S/C20H26N4O3/c1-20(2,3)27-19(26)24-11-9-13(12-24)23-16-8-7-15(18(25)21-4)17-14(16)6-5-10-22-17/h5-8,10,13,23H,9,11-12H2,1-4H3,(H,21,25). The highest BCUT2D eigenvalue weighted by molar-refractivity contribution is 6.08. The van der Waals surface area contributed by atoms with Crippen LogP contribution in [0, 0.1) is 0 Å². The second-order valence-corrected chi connectivity index (χ2v) is 7.70. The number of hydrogen-bond donors (Lipinski definition) is 2. The quantitative estimate of drug-likeness (QED) is 0.868. The number of carbonyl (C=O) groups is 2. The molecule has 1 fully saturated rings. The van der Waals surface area contributed by atoms with Crippen molar-refractivity contribution in [3.05, 3.63) is 36.0 Å². The molecule has 1 unspecified atom stereocenters. The van der Waals surface area contributed by atoms with Gasteiger partial charge in [-0.1, -0.05) is 0 Å². The second-order valence-electron chi connectivity index (χ2n) is 7.70. The van der Waals surface area contributed by atoms with Crippen LogP contribution in [0.4, 0.5) is 10.5 Å². The molecule has 7 heteroatoms. The molecule has 7 nitrogen and oxygen atoms in total. The van der Waals surface area contributed by atoms with Crippen LogP contribution in [0.25, 0.3) is 10.9 Å². The first-order chi connectivity index (χ1) is 12.8. The number of amides is 2. The van der Waals surface area contributed by atoms with Crippen LogP contribution in [0.1, 0.15) is 37.6 Å². The summed E-state index contributed by atoms with van der Waals surface area (Å²) in [4.78, 5) is 30.4. The third-order valence-electron chi connectivity index (χ3n) is 4.44. The average molecular weight is 370 g/mol. The summed E-state index contributed by atoms with van der Waals surface area (Å²) in [7, 11) is 1.60. The van der Waals surface area contributed by atoms with Crippen LogP contribution in [-0.4, -0.2) is 53.7 Å². The lowest BCUT2D eigenvalue weighted by Crippen LogP contribution is -2.36. The Labute approximate surface area is 159 Å². The molecule has 27 heavy (non-hydrogen) atoms. The monoisotopic (exact) mass is 370 g/mol. The molecule has 1 aliphatic heterocycles. The average Bonchev–Trinajstić information content (AvgIpc) is 3.09. The van der Waals surface area contributed by atoms with Crippen LogP contribution in [0.15, 0.2) is 30.5 Å². The highest BCUT2D eigenvalue weighted by Gasteiger charge is 2.30. The van der Waals surface area contributed by atoms with Crippen molar-refractivity contribution in [1.82, 2.24) is 15.2 Å². The third kappa shape index (κ3) is 4.30. The van der Waals surface area contributed by atoms with Gasteiger partial charge in [0, 0.05) is 43.4 Å². The molecule has 1 saturated heterocycles. The van der Waals surface area contributed by atoms with Gasteiger partial charge in [-0.3, -0.25) is 9.78 Å². The molecular weight excluding hydrogens is 344 g/mol. The summed E-state index contributed by atoms with van der Waals surface area (Å²) in [6.07, 6.45) is 2.23. The molecule has 2 heterocycles. The molecule has 0 aliphatic carbocycles. The SMILES string of the molecule is CNC(=O)c1ccc(NC2CCN(C(=O)OC(C)(C)C)C2)c2cccnc12. The molecule has 2 amide bonds. The van der Waals surface area contributed by atoms with Gasteiger partial charge in [-0.05, 0) is 51.5 Å². The Hall–Kier alpha value is -2.83. The van der Waals surface area contributed by atoms with Gasteiger partial charge in [0.2, 0.25) is 0 Å². The van der Waals surface area contributed by atoms with Crippen LogP contribution >= 0.6 is 0 Å². The summed E-state index contributed by atoms with van der Waals surface area (Å²) in [5.74, 6) is -0.165. The number of benzene rings is 1. The normalized spacial score (nSPS) is 17.0. The molecule has 0 saturated carbocycles. The molecule has 2 N–H and O–H groups in total. The number of carbonyl (C=O) groups excluding carboxylic acids is 2. The summed E-state index contributed by atoms with van der Waals surface area (Å²) >= 11 is 0. The van der Waals surface area contributed by atoms with E-state index in [0.717, 1.165) is 17.5 Å². The highest BCUT2D eigenvalue weighted by Crippen LogP contribution is 2.27. The zero-order chi connectivity index (χ0) is 19.6. The maximum absolute atomic E-state index is 12.2. The maximum Gasteiger partial charge on any atom is 0.410 e. The molecular formula is C20H26N4O3. The summed E-state index contributed by atoms with van der Waals surface area (Å²) in [5, 5.41) is 7.02. The molecule has 0 spiro atoms. The lowest BCUT2D eigenvalue weighted by Gasteiger charge is -2.24. The van der Waals surface area contributed by atoms with Crippen molar-refractivity contribution in [2.24, 2.45) is 0 Å². The van der Waals surface area contributed by atoms with Gasteiger partial charge in [-0.25, -0.2) is 4.79 Å². The number of aromatic nitrogens is 1. The molecule has 2 aromatic rings. The van der Waals surface area contributed by atoms with E-state index in [1.165, 1.54) is 0 Å². The van der Waals surface area contributed by atoms with E-state index in [0.29, 0.717) is 24.2 Å². The van der Waals surface area contributed by atoms with Crippen molar-refractivity contribution in [3.8, 4) is 0 Å². The summed E-state index contributed by atoms with van der Waals surface area (Å²) in [6.45, 7) is 6.82. The molecule has 1 aromatic heterocycles. The number of nitrogens with zero attached hydrogens (tertiary/aromatic N) is 2. The predicted molar refractivity (Wildman–Crippen MR) is 105 cm³/mol. The Morgan fingerprint density at radius 3 is 2.74 bits per heavy atom. The number of ether oxygens (including phenoxy) is 1. The fraction of sp³-hybridized carbons (Fsp3) is 0.450. The van der Waals surface area contributed by atoms with Crippen molar-refractivity contribution in [2.75, 3.05) is 25.5 Å². The van der Waals surface area contributed by atoms with Gasteiger partial charge < -0.3 is 20.3 Å². The van der Waals surface area contributed by atoms with Crippen LogP contribution in [0.3, 0.4) is 0 Å². The first kappa shape index (κ1) is 18.9. The third-order valence-corrected chi connectivity index (χ3v) is 4.44. The number of anilines is 1. The zero-order valence-corrected chi connectivity index (χ0v) is 16.2. The number of rotatable bonds is 3. The van der Waals surface area contributed by atoms with E-state index in [4.69, 9.17) is 4.74 Å². The van der Waals surface area contributed by atoms with Crippen molar-refractivity contribution in [1.29, 1.82) is 0 Å². The van der Waals surface area contributed by atoms with E-state index in [1.54, 1.807) is 24.2 Å². The molecule has 3 rings (SSSR count). The predicted octanol–water partition coefficient (Wildman–Crippen LogP) is 3.02. The van der Waals surface area contributed by atoms with Crippen molar-refractivity contribution in [3.63, 3.8) is 0 Å². The fourth-order valence-corrected chi connectivity index (χ4v) is 3.21. The summed E-state index contributed by atoms with van der Waals surface area (Å²) < 4.78 is 5.45. The van der Waals surface area contributed by atoms with Crippen LogP contribution < -0.4 is 10.6 Å². The molecule has 144 valence electrons. The minimum atomic E-state index is -0.500. The largest absolute Gasteiger partial charge is 0.444 e. The zero-order valence-electron chi connectivity index (χ0n) is 16.2. The van der Waals surface area contributed by atoms with Gasteiger partial charge >= 0.3 is 6.09 Å². The molecule has 0 radical (unpaired) electrons. The smallest absolute Gasteiger partial charge is 0.410 e. The van der Waals surface area contributed by atoms with Crippen LogP contribution in [0.2, 0.25) is 0 Å². The molecule has 0 bridgehead atoms. The van der Waals surface area contributed by atoms with Gasteiger partial charge in [0.1, 0.15) is 5.60 Å². The van der Waals surface area contributed by atoms with Gasteiger partial charge in [-0.2, -0.15) is 0 Å². The Kier molecular flexibility index (Phi) is 5.21. The summed E-state index contributed by atoms with van der Waals surface area (Å²) in [5.41, 5.74) is 1.60. The van der Waals surface area contributed by atoms with E-state index in [-0.39, 0.29) is 18.0 Å². The van der Waals surface area contributed by atoms with Gasteiger partial charge in [0.05, 0.1) is 11.1 Å². The number of fused-ring (bicyclic) bond motifs is 1. The molecule has 1 atom stereocenters. The van der Waals surface area contributed by atoms with Crippen molar-refractivity contribution >= 4 is 28.6 Å². The van der Waals surface area contributed by atoms with E-state index in [1.807, 2.05) is 39.0 Å². The number of nitrogens with one attached hydrogen (secondary N) is 2. The number of hydrogen-bond acceptors (Lipinski definition) is 5. The lowest BCUT2D eigenvalue weighted by atomic mass is 10.1. The van der Waals surface area contributed by atoms with Crippen molar-refractivity contribution in [2.45, 2.75) is 38.8 Å². The van der Waals surface area contributed by atoms with Gasteiger partial charge in [-0.15, -0.1) is 0 Å². The van der Waals surface area contributed by atoms with Crippen LogP contribution in [-0.2, 0) is 4.74 Å². The minimum Gasteiger partial charge on any atom is -0.444 e. The van der Waals surface area contributed by atoms with E-state index in [9.17, 15) is 9.59 Å². The topological polar surface area (TPSA) is 83.6 Å². The Morgan fingerprint density at radius 2 is 2.04 bits per heavy atom. The molecule has 1 aromatic carbocycles. The first-order valence-corrected chi connectivity index (χ1v) is 9.13. The fourth-order valence-electron chi connectivity index (χ4n) is 3.21. The maximum atomic E-state index is 12.2. The minimum absolute atomic E-state index is 0.117. The van der Waals surface area contributed by atoms with Gasteiger partial charge in [0.25, 0.3) is 5.91 Å².